The van der Waals surface area contributed by atoms with Gasteiger partial charge >= 0.3 is 0 Å². The van der Waals surface area contributed by atoms with Crippen LogP contribution in [0.2, 0.25) is 0 Å². The van der Waals surface area contributed by atoms with Crippen LogP contribution in [0.3, 0.4) is 0 Å². The zero-order valence-electron chi connectivity index (χ0n) is 7.99. The number of rotatable bonds is 2. The quantitative estimate of drug-likeness (QED) is 0.698. The Morgan fingerprint density at radius 1 is 1.38 bits per heavy atom. The number of aryl methyl sites for hydroxylation is 2. The zero-order chi connectivity index (χ0) is 9.26. The highest BCUT2D eigenvalue weighted by Crippen LogP contribution is 2.13. The third-order valence-corrected chi connectivity index (χ3v) is 2.21. The van der Waals surface area contributed by atoms with Crippen LogP contribution in [0.25, 0.3) is 11.0 Å². The first-order valence-electron chi connectivity index (χ1n) is 4.59. The van der Waals surface area contributed by atoms with Gasteiger partial charge in [-0.3, -0.25) is 0 Å². The van der Waals surface area contributed by atoms with E-state index in [0.717, 1.165) is 17.5 Å². The van der Waals surface area contributed by atoms with E-state index in [4.69, 9.17) is 0 Å². The smallest absolute Gasteiger partial charge is 0.113 e. The van der Waals surface area contributed by atoms with Crippen molar-refractivity contribution >= 4 is 11.0 Å². The molecule has 0 spiro atoms. The van der Waals surface area contributed by atoms with E-state index in [0.29, 0.717) is 0 Å². The fourth-order valence-corrected chi connectivity index (χ4v) is 1.52. The molecule has 0 bridgehead atoms. The molecule has 3 nitrogen and oxygen atoms in total. The van der Waals surface area contributed by atoms with Gasteiger partial charge in [0.2, 0.25) is 0 Å². The van der Waals surface area contributed by atoms with Crippen molar-refractivity contribution in [2.45, 2.75) is 19.8 Å². The Morgan fingerprint density at radius 3 is 3.00 bits per heavy atom. The summed E-state index contributed by atoms with van der Waals surface area (Å²) in [6.45, 7) is 2.19. The van der Waals surface area contributed by atoms with Gasteiger partial charge in [0.05, 0.1) is 5.52 Å². The fraction of sp³-hybridized carbons (Fsp3) is 0.400. The number of nitrogens with zero attached hydrogens (tertiary/aromatic N) is 3. The van der Waals surface area contributed by atoms with E-state index in [1.54, 1.807) is 0 Å². The molecule has 0 aliphatic rings. The van der Waals surface area contributed by atoms with Crippen molar-refractivity contribution in [2.75, 3.05) is 0 Å². The van der Waals surface area contributed by atoms with E-state index in [-0.39, 0.29) is 0 Å². The van der Waals surface area contributed by atoms with Crippen LogP contribution in [0, 0.1) is 0 Å². The lowest BCUT2D eigenvalue weighted by Gasteiger charge is -1.98. The Bertz CT molecular complexity index is 417. The van der Waals surface area contributed by atoms with Crippen LogP contribution in [0.4, 0.5) is 0 Å². The first-order valence-corrected chi connectivity index (χ1v) is 4.59. The number of fused-ring (bicyclic) bond motifs is 1. The van der Waals surface area contributed by atoms with Gasteiger partial charge in [0, 0.05) is 7.05 Å². The standard InChI is InChI=1S/C10H13N3/c1-3-4-8-5-6-9-10(7-8)13(2)12-11-9/h5-7H,3-4H2,1-2H3. The molecule has 0 unspecified atom stereocenters. The summed E-state index contributed by atoms with van der Waals surface area (Å²) >= 11 is 0. The minimum Gasteiger partial charge on any atom is -0.248 e. The Balaban J connectivity index is 2.53. The summed E-state index contributed by atoms with van der Waals surface area (Å²) in [6.07, 6.45) is 2.30. The SMILES string of the molecule is CCCc1ccc2nnn(C)c2c1. The van der Waals surface area contributed by atoms with Crippen molar-refractivity contribution in [3.63, 3.8) is 0 Å². The molecule has 3 heteroatoms. The van der Waals surface area contributed by atoms with Gasteiger partial charge in [0.15, 0.2) is 0 Å². The van der Waals surface area contributed by atoms with Crippen molar-refractivity contribution in [1.82, 2.24) is 15.0 Å². The molecule has 13 heavy (non-hydrogen) atoms. The second-order valence-corrected chi connectivity index (χ2v) is 3.29. The van der Waals surface area contributed by atoms with Gasteiger partial charge in [-0.1, -0.05) is 24.6 Å². The Labute approximate surface area is 77.4 Å². The molecule has 0 saturated heterocycles. The molecular weight excluding hydrogens is 162 g/mol. The number of hydrogen-bond acceptors (Lipinski definition) is 2. The first-order chi connectivity index (χ1) is 6.31. The number of aromatic nitrogens is 3. The molecule has 0 aliphatic carbocycles. The van der Waals surface area contributed by atoms with E-state index in [9.17, 15) is 0 Å². The maximum absolute atomic E-state index is 4.03. The maximum Gasteiger partial charge on any atom is 0.113 e. The molecule has 1 aromatic carbocycles. The predicted octanol–water partition coefficient (Wildman–Crippen LogP) is 1.92. The molecule has 1 aromatic heterocycles. The van der Waals surface area contributed by atoms with Gasteiger partial charge in [-0.2, -0.15) is 0 Å². The van der Waals surface area contributed by atoms with E-state index >= 15 is 0 Å². The molecular formula is C10H13N3. The van der Waals surface area contributed by atoms with Crippen LogP contribution in [-0.4, -0.2) is 15.0 Å². The summed E-state index contributed by atoms with van der Waals surface area (Å²) in [5.74, 6) is 0. The monoisotopic (exact) mass is 175 g/mol. The van der Waals surface area contributed by atoms with Gasteiger partial charge in [-0.25, -0.2) is 4.68 Å². The fourth-order valence-electron chi connectivity index (χ4n) is 1.52. The molecule has 0 atom stereocenters. The third-order valence-electron chi connectivity index (χ3n) is 2.21. The number of hydrogen-bond donors (Lipinski definition) is 0. The van der Waals surface area contributed by atoms with Crippen LogP contribution in [0.1, 0.15) is 18.9 Å². The van der Waals surface area contributed by atoms with Crippen LogP contribution in [-0.2, 0) is 13.5 Å². The highest BCUT2D eigenvalue weighted by Gasteiger charge is 2.01. The zero-order valence-corrected chi connectivity index (χ0v) is 7.99. The van der Waals surface area contributed by atoms with Gasteiger partial charge < -0.3 is 0 Å². The van der Waals surface area contributed by atoms with Crippen LogP contribution < -0.4 is 0 Å². The summed E-state index contributed by atoms with van der Waals surface area (Å²) in [4.78, 5) is 0. The molecule has 1 heterocycles. The second-order valence-electron chi connectivity index (χ2n) is 3.29. The highest BCUT2D eigenvalue weighted by molar-refractivity contribution is 5.74. The molecule has 2 aromatic rings. The summed E-state index contributed by atoms with van der Waals surface area (Å²) in [7, 11) is 1.92. The molecule has 0 amide bonds. The number of benzene rings is 1. The molecule has 0 fully saturated rings. The van der Waals surface area contributed by atoms with E-state index in [2.05, 4.69) is 29.4 Å². The van der Waals surface area contributed by atoms with E-state index < -0.39 is 0 Å². The summed E-state index contributed by atoms with van der Waals surface area (Å²) in [6, 6.07) is 6.33. The normalized spacial score (nSPS) is 10.9. The Hall–Kier alpha value is -1.38. The van der Waals surface area contributed by atoms with Crippen molar-refractivity contribution in [1.29, 1.82) is 0 Å². The van der Waals surface area contributed by atoms with Crippen LogP contribution in [0.5, 0.6) is 0 Å². The van der Waals surface area contributed by atoms with E-state index in [1.807, 2.05) is 17.8 Å². The molecule has 0 radical (unpaired) electrons. The minimum atomic E-state index is 0.974. The van der Waals surface area contributed by atoms with Crippen molar-refractivity contribution in [3.8, 4) is 0 Å². The van der Waals surface area contributed by atoms with Gasteiger partial charge in [-0.15, -0.1) is 5.10 Å². The largest absolute Gasteiger partial charge is 0.248 e. The minimum absolute atomic E-state index is 0.974. The molecule has 0 aliphatic heterocycles. The summed E-state index contributed by atoms with van der Waals surface area (Å²) < 4.78 is 1.81. The highest BCUT2D eigenvalue weighted by atomic mass is 15.4. The second kappa shape index (κ2) is 3.17. The lowest BCUT2D eigenvalue weighted by atomic mass is 10.1. The van der Waals surface area contributed by atoms with Crippen LogP contribution in [0.15, 0.2) is 18.2 Å². The predicted molar refractivity (Wildman–Crippen MR) is 52.5 cm³/mol. The van der Waals surface area contributed by atoms with E-state index in [1.165, 1.54) is 12.0 Å². The molecule has 2 rings (SSSR count). The topological polar surface area (TPSA) is 30.7 Å². The Morgan fingerprint density at radius 2 is 2.23 bits per heavy atom. The molecule has 0 saturated carbocycles. The Kier molecular flexibility index (Phi) is 2.00. The molecule has 0 N–H and O–H groups in total. The lowest BCUT2D eigenvalue weighted by molar-refractivity contribution is 0.736. The summed E-state index contributed by atoms with van der Waals surface area (Å²) in [5, 5.41) is 8.00. The van der Waals surface area contributed by atoms with Gasteiger partial charge in [0.25, 0.3) is 0 Å². The average Bonchev–Trinajstić information content (AvgIpc) is 2.49. The summed E-state index contributed by atoms with van der Waals surface area (Å²) in [5.41, 5.74) is 3.45. The van der Waals surface area contributed by atoms with Crippen molar-refractivity contribution in [3.05, 3.63) is 23.8 Å². The first kappa shape index (κ1) is 8.23. The van der Waals surface area contributed by atoms with Crippen molar-refractivity contribution < 1.29 is 0 Å². The molecule has 68 valence electrons. The maximum atomic E-state index is 4.03. The van der Waals surface area contributed by atoms with Gasteiger partial charge in [-0.05, 0) is 24.1 Å². The van der Waals surface area contributed by atoms with Crippen molar-refractivity contribution in [2.24, 2.45) is 7.05 Å². The lowest BCUT2D eigenvalue weighted by Crippen LogP contribution is -1.90. The average molecular weight is 175 g/mol. The van der Waals surface area contributed by atoms with Crippen LogP contribution >= 0.6 is 0 Å². The van der Waals surface area contributed by atoms with Gasteiger partial charge in [0.1, 0.15) is 5.52 Å². The third kappa shape index (κ3) is 1.41.